The van der Waals surface area contributed by atoms with Crippen molar-refractivity contribution in [3.63, 3.8) is 0 Å². The lowest BCUT2D eigenvalue weighted by atomic mass is 9.89. The molecule has 1 aliphatic rings. The largest absolute Gasteiger partial charge is 0.497 e. The van der Waals surface area contributed by atoms with Gasteiger partial charge < -0.3 is 19.5 Å². The summed E-state index contributed by atoms with van der Waals surface area (Å²) in [5, 5.41) is 3.04. The standard InChI is InChI=1S/C28H31BrN2O6S/c1-18-6-8-19(9-7-18)31(38(33,34)21-11-13-25(36-5)23(29)15-21)17-27(32)30-24-16-28(2,3)37-26-14-20(35-4)10-12-22(24)26/h6-15,24H,16-17H2,1-5H3,(H,30,32). The van der Waals surface area contributed by atoms with Gasteiger partial charge in [0.2, 0.25) is 5.91 Å². The van der Waals surface area contributed by atoms with Crippen LogP contribution in [-0.2, 0) is 14.8 Å². The Morgan fingerprint density at radius 3 is 2.42 bits per heavy atom. The number of anilines is 1. The summed E-state index contributed by atoms with van der Waals surface area (Å²) in [6.45, 7) is 5.39. The molecule has 0 aliphatic carbocycles. The Hall–Kier alpha value is -3.24. The molecule has 1 heterocycles. The minimum atomic E-state index is -4.10. The second kappa shape index (κ2) is 10.9. The number of carbonyl (C=O) groups is 1. The third-order valence-electron chi connectivity index (χ3n) is 6.33. The van der Waals surface area contributed by atoms with Crippen LogP contribution in [0.3, 0.4) is 0 Å². The second-order valence-electron chi connectivity index (χ2n) is 9.73. The molecule has 1 N–H and O–H groups in total. The zero-order chi connectivity index (χ0) is 27.7. The lowest BCUT2D eigenvalue weighted by Gasteiger charge is -2.38. The van der Waals surface area contributed by atoms with Gasteiger partial charge in [-0.3, -0.25) is 9.10 Å². The lowest BCUT2D eigenvalue weighted by molar-refractivity contribution is -0.120. The third kappa shape index (κ3) is 5.91. The van der Waals surface area contributed by atoms with Crippen LogP contribution in [0.1, 0.15) is 37.4 Å². The average molecular weight is 604 g/mol. The highest BCUT2D eigenvalue weighted by atomic mass is 79.9. The predicted octanol–water partition coefficient (Wildman–Crippen LogP) is 5.39. The highest BCUT2D eigenvalue weighted by Crippen LogP contribution is 2.41. The summed E-state index contributed by atoms with van der Waals surface area (Å²) in [6, 6.07) is 16.6. The van der Waals surface area contributed by atoms with E-state index in [0.29, 0.717) is 33.8 Å². The molecule has 0 spiro atoms. The molecule has 38 heavy (non-hydrogen) atoms. The van der Waals surface area contributed by atoms with E-state index in [4.69, 9.17) is 14.2 Å². The second-order valence-corrected chi connectivity index (χ2v) is 12.4. The van der Waals surface area contributed by atoms with E-state index in [9.17, 15) is 13.2 Å². The molecule has 1 atom stereocenters. The maximum atomic E-state index is 13.8. The van der Waals surface area contributed by atoms with Gasteiger partial charge in [-0.05, 0) is 79.2 Å². The Labute approximate surface area is 232 Å². The number of fused-ring (bicyclic) bond motifs is 1. The number of hydrogen-bond acceptors (Lipinski definition) is 6. The Bertz CT molecular complexity index is 1440. The number of methoxy groups -OCH3 is 2. The first-order valence-corrected chi connectivity index (χ1v) is 14.3. The topological polar surface area (TPSA) is 94.2 Å². The van der Waals surface area contributed by atoms with Crippen molar-refractivity contribution in [2.75, 3.05) is 25.1 Å². The van der Waals surface area contributed by atoms with Crippen LogP contribution < -0.4 is 23.8 Å². The van der Waals surface area contributed by atoms with Crippen molar-refractivity contribution >= 4 is 37.5 Å². The van der Waals surface area contributed by atoms with E-state index in [2.05, 4.69) is 21.2 Å². The first kappa shape index (κ1) is 27.8. The molecule has 0 radical (unpaired) electrons. The fraction of sp³-hybridized carbons (Fsp3) is 0.321. The van der Waals surface area contributed by atoms with Crippen molar-refractivity contribution < 1.29 is 27.4 Å². The van der Waals surface area contributed by atoms with E-state index in [-0.39, 0.29) is 10.9 Å². The Morgan fingerprint density at radius 2 is 1.79 bits per heavy atom. The zero-order valence-corrected chi connectivity index (χ0v) is 24.4. The number of nitrogens with zero attached hydrogens (tertiary/aromatic N) is 1. The maximum Gasteiger partial charge on any atom is 0.264 e. The molecule has 3 aromatic rings. The molecule has 3 aromatic carbocycles. The van der Waals surface area contributed by atoms with Gasteiger partial charge >= 0.3 is 0 Å². The quantitative estimate of drug-likeness (QED) is 0.371. The Morgan fingerprint density at radius 1 is 1.08 bits per heavy atom. The minimum absolute atomic E-state index is 0.0307. The molecule has 1 amide bonds. The number of carbonyl (C=O) groups excluding carboxylic acids is 1. The van der Waals surface area contributed by atoms with Crippen LogP contribution in [0.4, 0.5) is 5.69 Å². The van der Waals surface area contributed by atoms with E-state index in [1.807, 2.05) is 45.0 Å². The molecule has 1 unspecified atom stereocenters. The summed E-state index contributed by atoms with van der Waals surface area (Å²) in [4.78, 5) is 13.5. The number of rotatable bonds is 8. The average Bonchev–Trinajstić information content (AvgIpc) is 2.86. The van der Waals surface area contributed by atoms with Gasteiger partial charge in [-0.1, -0.05) is 17.7 Å². The minimum Gasteiger partial charge on any atom is -0.497 e. The van der Waals surface area contributed by atoms with Crippen LogP contribution >= 0.6 is 15.9 Å². The van der Waals surface area contributed by atoms with Crippen LogP contribution in [0, 0.1) is 6.92 Å². The number of hydrogen-bond donors (Lipinski definition) is 1. The monoisotopic (exact) mass is 602 g/mol. The number of nitrogens with one attached hydrogen (secondary N) is 1. The summed E-state index contributed by atoms with van der Waals surface area (Å²) in [5.74, 6) is 1.33. The highest BCUT2D eigenvalue weighted by Gasteiger charge is 2.36. The maximum absolute atomic E-state index is 13.8. The summed E-state index contributed by atoms with van der Waals surface area (Å²) in [7, 11) is -1.01. The predicted molar refractivity (Wildman–Crippen MR) is 150 cm³/mol. The van der Waals surface area contributed by atoms with Gasteiger partial charge in [0.05, 0.1) is 35.3 Å². The molecule has 4 rings (SSSR count). The molecule has 0 saturated carbocycles. The lowest BCUT2D eigenvalue weighted by Crippen LogP contribution is -2.45. The van der Waals surface area contributed by atoms with Crippen molar-refractivity contribution in [3.05, 3.63) is 76.3 Å². The van der Waals surface area contributed by atoms with E-state index < -0.39 is 28.1 Å². The molecule has 0 bridgehead atoms. The van der Waals surface area contributed by atoms with Crippen LogP contribution in [0.2, 0.25) is 0 Å². The first-order chi connectivity index (χ1) is 17.9. The first-order valence-electron chi connectivity index (χ1n) is 12.0. The molecule has 202 valence electrons. The molecule has 0 fully saturated rings. The van der Waals surface area contributed by atoms with Crippen molar-refractivity contribution in [3.8, 4) is 17.2 Å². The highest BCUT2D eigenvalue weighted by molar-refractivity contribution is 9.10. The van der Waals surface area contributed by atoms with Crippen molar-refractivity contribution in [2.24, 2.45) is 0 Å². The zero-order valence-electron chi connectivity index (χ0n) is 21.9. The summed E-state index contributed by atoms with van der Waals surface area (Å²) in [5.41, 5.74) is 1.62. The summed E-state index contributed by atoms with van der Waals surface area (Å²) in [6.07, 6.45) is 0.515. The SMILES string of the molecule is COc1ccc2c(c1)OC(C)(C)CC2NC(=O)CN(c1ccc(C)cc1)S(=O)(=O)c1ccc(OC)c(Br)c1. The van der Waals surface area contributed by atoms with Gasteiger partial charge in [0, 0.05) is 18.1 Å². The van der Waals surface area contributed by atoms with Crippen molar-refractivity contribution in [2.45, 2.75) is 43.7 Å². The number of sulfonamides is 1. The van der Waals surface area contributed by atoms with E-state index >= 15 is 0 Å². The number of benzene rings is 3. The molecular formula is C28H31BrN2O6S. The van der Waals surface area contributed by atoms with E-state index in [1.165, 1.54) is 19.2 Å². The number of ether oxygens (including phenoxy) is 3. The van der Waals surface area contributed by atoms with Gasteiger partial charge in [0.1, 0.15) is 29.4 Å². The fourth-order valence-electron chi connectivity index (χ4n) is 4.42. The van der Waals surface area contributed by atoms with Gasteiger partial charge in [0.15, 0.2) is 0 Å². The van der Waals surface area contributed by atoms with Crippen LogP contribution in [0.5, 0.6) is 17.2 Å². The number of amides is 1. The molecular weight excluding hydrogens is 572 g/mol. The van der Waals surface area contributed by atoms with Gasteiger partial charge in [-0.15, -0.1) is 0 Å². The van der Waals surface area contributed by atoms with Crippen LogP contribution in [0.15, 0.2) is 70.0 Å². The van der Waals surface area contributed by atoms with E-state index in [0.717, 1.165) is 15.4 Å². The Kier molecular flexibility index (Phi) is 7.94. The fourth-order valence-corrected chi connectivity index (χ4v) is 6.56. The van der Waals surface area contributed by atoms with E-state index in [1.54, 1.807) is 31.4 Å². The van der Waals surface area contributed by atoms with Crippen LogP contribution in [-0.4, -0.2) is 40.7 Å². The number of halogens is 1. The third-order valence-corrected chi connectivity index (χ3v) is 8.72. The van der Waals surface area contributed by atoms with Crippen molar-refractivity contribution in [1.82, 2.24) is 5.32 Å². The van der Waals surface area contributed by atoms with Gasteiger partial charge in [-0.25, -0.2) is 8.42 Å². The molecule has 8 nitrogen and oxygen atoms in total. The molecule has 1 aliphatic heterocycles. The summed E-state index contributed by atoms with van der Waals surface area (Å²) >= 11 is 3.36. The number of aryl methyl sites for hydroxylation is 1. The molecule has 10 heteroatoms. The normalized spacial score (nSPS) is 16.1. The van der Waals surface area contributed by atoms with Crippen molar-refractivity contribution in [1.29, 1.82) is 0 Å². The van der Waals surface area contributed by atoms with Gasteiger partial charge in [-0.2, -0.15) is 0 Å². The Balaban J connectivity index is 1.66. The molecule has 0 saturated heterocycles. The van der Waals surface area contributed by atoms with Gasteiger partial charge in [0.25, 0.3) is 10.0 Å². The summed E-state index contributed by atoms with van der Waals surface area (Å²) < 4.78 is 45.9. The molecule has 0 aromatic heterocycles. The van der Waals surface area contributed by atoms with Crippen LogP contribution in [0.25, 0.3) is 0 Å². The smallest absolute Gasteiger partial charge is 0.264 e.